The Morgan fingerprint density at radius 3 is 1.83 bits per heavy atom. The van der Waals surface area contributed by atoms with E-state index in [9.17, 15) is 0 Å². The van der Waals surface area contributed by atoms with Crippen LogP contribution in [0.3, 0.4) is 0 Å². The highest BCUT2D eigenvalue weighted by Crippen LogP contribution is 2.43. The topological polar surface area (TPSA) is 0 Å². The Bertz CT molecular complexity index is 1990. The van der Waals surface area contributed by atoms with Gasteiger partial charge in [0.05, 0.1) is 0 Å². The molecule has 3 aromatic carbocycles. The van der Waals surface area contributed by atoms with Crippen LogP contribution in [0.2, 0.25) is 0 Å². The number of benzene rings is 3. The van der Waals surface area contributed by atoms with Gasteiger partial charge in [-0.15, -0.1) is 0 Å². The number of rotatable bonds is 3. The molecule has 2 radical (unpaired) electrons. The summed E-state index contributed by atoms with van der Waals surface area (Å²) in [6, 6.07) is 26.4. The third-order valence-corrected chi connectivity index (χ3v) is 10.2. The fourth-order valence-electron chi connectivity index (χ4n) is 7.19. The summed E-state index contributed by atoms with van der Waals surface area (Å²) in [5.74, 6) is 0. The Morgan fingerprint density at radius 1 is 0.478 bits per heavy atom. The fraction of sp³-hybridized carbons (Fsp3) is 0.182. The number of fused-ring (bicyclic) bond motifs is 4. The molecule has 0 saturated heterocycles. The van der Waals surface area contributed by atoms with Gasteiger partial charge in [-0.25, -0.2) is 0 Å². The van der Waals surface area contributed by atoms with Gasteiger partial charge >= 0.3 is 0 Å². The first kappa shape index (κ1) is 30.1. The molecule has 222 valence electrons. The predicted octanol–water partition coefficient (Wildman–Crippen LogP) is 9.10. The van der Waals surface area contributed by atoms with Gasteiger partial charge in [0.15, 0.2) is 14.6 Å². The lowest BCUT2D eigenvalue weighted by Gasteiger charge is -2.25. The molecule has 0 bridgehead atoms. The lowest BCUT2D eigenvalue weighted by atomic mass is 9.64. The van der Waals surface area contributed by atoms with Gasteiger partial charge in [0, 0.05) is 16.2 Å². The summed E-state index contributed by atoms with van der Waals surface area (Å²) >= 11 is 0. The minimum Gasteiger partial charge on any atom is -0.0740 e. The summed E-state index contributed by atoms with van der Waals surface area (Å²) in [6.07, 6.45) is 30.3. The highest BCUT2D eigenvalue weighted by Gasteiger charge is 2.32. The van der Waals surface area contributed by atoms with Crippen LogP contribution in [-0.4, -0.2) is 14.6 Å². The Morgan fingerprint density at radius 2 is 1.07 bits per heavy atom. The number of hydrogen-bond acceptors (Lipinski definition) is 0. The van der Waals surface area contributed by atoms with Crippen LogP contribution in [0.25, 0.3) is 11.1 Å². The van der Waals surface area contributed by atoms with E-state index in [4.69, 9.17) is 0 Å². The van der Waals surface area contributed by atoms with Gasteiger partial charge < -0.3 is 0 Å². The van der Waals surface area contributed by atoms with Crippen molar-refractivity contribution in [2.45, 2.75) is 45.4 Å². The standard InChI is InChI=1S/C42H34B2.C2H6/c1-40(29-10-5-4-6-11-29)22-9-12-30(17-23-40)41(2)24-18-34-35-19-25-42(3,27-21-38(35)43-37(34)20-26-41)31-15-16-33-32-13-7-8-14-36(32)44-39(33)28-31;1-2/h4-28H,1-3H3;1-2H3. The molecule has 0 aromatic heterocycles. The molecule has 0 fully saturated rings. The highest BCUT2D eigenvalue weighted by molar-refractivity contribution is 6.73. The molecule has 0 spiro atoms. The lowest BCUT2D eigenvalue weighted by molar-refractivity contribution is 0.679. The molecule has 0 nitrogen and oxygen atoms in total. The highest BCUT2D eigenvalue weighted by atomic mass is 14.3. The van der Waals surface area contributed by atoms with Gasteiger partial charge in [-0.1, -0.05) is 188 Å². The Kier molecular flexibility index (Phi) is 7.64. The molecule has 0 saturated carbocycles. The van der Waals surface area contributed by atoms with Gasteiger partial charge in [-0.05, 0) is 59.7 Å². The van der Waals surface area contributed by atoms with Crippen molar-refractivity contribution >= 4 is 25.5 Å². The fourth-order valence-corrected chi connectivity index (χ4v) is 7.19. The molecule has 3 aromatic rings. The summed E-state index contributed by atoms with van der Waals surface area (Å²) in [5, 5.41) is 0. The zero-order valence-corrected chi connectivity index (χ0v) is 27.6. The quantitative estimate of drug-likeness (QED) is 0.209. The Labute approximate surface area is 277 Å². The predicted molar refractivity (Wildman–Crippen MR) is 200 cm³/mol. The average Bonchev–Trinajstić information content (AvgIpc) is 3.40. The molecule has 46 heavy (non-hydrogen) atoms. The SMILES string of the molecule is CC.CC1(C2=CC=CC(C)(c3ccccc3)C=C2)C=CC2=C(C=C1)C1=C([B]2)C=CC(C)(c2ccc3c(c2)[B]c2ccccc2-3)C=C1. The van der Waals surface area contributed by atoms with Crippen LogP contribution in [0.15, 0.2) is 179 Å². The zero-order valence-electron chi connectivity index (χ0n) is 27.6. The van der Waals surface area contributed by atoms with Gasteiger partial charge in [-0.3, -0.25) is 0 Å². The van der Waals surface area contributed by atoms with E-state index in [1.54, 1.807) is 0 Å². The van der Waals surface area contributed by atoms with Crippen molar-refractivity contribution in [2.75, 3.05) is 0 Å². The van der Waals surface area contributed by atoms with Gasteiger partial charge in [0.25, 0.3) is 0 Å². The summed E-state index contributed by atoms with van der Waals surface area (Å²) in [6.45, 7) is 10.9. The van der Waals surface area contributed by atoms with Crippen LogP contribution >= 0.6 is 0 Å². The third kappa shape index (κ3) is 5.15. The van der Waals surface area contributed by atoms with Crippen molar-refractivity contribution in [2.24, 2.45) is 5.41 Å². The van der Waals surface area contributed by atoms with E-state index >= 15 is 0 Å². The average molecular weight is 590 g/mol. The molecule has 3 atom stereocenters. The smallest absolute Gasteiger partial charge is 0.0740 e. The second kappa shape index (κ2) is 11.7. The maximum atomic E-state index is 2.38. The molecule has 8 rings (SSSR count). The Balaban J connectivity index is 0.00000166. The lowest BCUT2D eigenvalue weighted by Crippen LogP contribution is -2.24. The van der Waals surface area contributed by atoms with E-state index < -0.39 is 0 Å². The molecule has 3 unspecified atom stereocenters. The van der Waals surface area contributed by atoms with E-state index in [-0.39, 0.29) is 16.2 Å². The third-order valence-electron chi connectivity index (χ3n) is 10.2. The molecular weight excluding hydrogens is 550 g/mol. The molecule has 3 aliphatic carbocycles. The summed E-state index contributed by atoms with van der Waals surface area (Å²) in [5.41, 5.74) is 13.8. The van der Waals surface area contributed by atoms with Crippen LogP contribution in [0.1, 0.15) is 45.7 Å². The first-order valence-corrected chi connectivity index (χ1v) is 16.7. The van der Waals surface area contributed by atoms with Crippen LogP contribution in [0.4, 0.5) is 0 Å². The summed E-state index contributed by atoms with van der Waals surface area (Å²) in [4.78, 5) is 0. The number of allylic oxidation sites excluding steroid dienone is 18. The minimum atomic E-state index is -0.209. The first-order chi connectivity index (χ1) is 22.3. The van der Waals surface area contributed by atoms with E-state index in [0.717, 1.165) is 0 Å². The Hall–Kier alpha value is -4.55. The van der Waals surface area contributed by atoms with Crippen molar-refractivity contribution in [3.63, 3.8) is 0 Å². The van der Waals surface area contributed by atoms with Gasteiger partial charge in [0.1, 0.15) is 0 Å². The summed E-state index contributed by atoms with van der Waals surface area (Å²) < 4.78 is 0. The van der Waals surface area contributed by atoms with E-state index in [1.165, 1.54) is 60.8 Å². The molecule has 2 heterocycles. The molecule has 2 heteroatoms. The molecule has 0 N–H and O–H groups in total. The van der Waals surface area contributed by atoms with Crippen LogP contribution in [0, 0.1) is 5.41 Å². The monoisotopic (exact) mass is 590 g/mol. The largest absolute Gasteiger partial charge is 0.193 e. The van der Waals surface area contributed by atoms with E-state index in [2.05, 4.69) is 187 Å². The van der Waals surface area contributed by atoms with Gasteiger partial charge in [0.2, 0.25) is 0 Å². The molecular formula is C44H40B2. The minimum absolute atomic E-state index is 0.132. The maximum absolute atomic E-state index is 2.38. The van der Waals surface area contributed by atoms with Crippen molar-refractivity contribution in [3.05, 3.63) is 191 Å². The van der Waals surface area contributed by atoms with E-state index in [1.807, 2.05) is 13.8 Å². The maximum Gasteiger partial charge on any atom is 0.193 e. The van der Waals surface area contributed by atoms with E-state index in [0.29, 0.717) is 0 Å². The van der Waals surface area contributed by atoms with Crippen molar-refractivity contribution in [1.29, 1.82) is 0 Å². The summed E-state index contributed by atoms with van der Waals surface area (Å²) in [7, 11) is 4.67. The molecule has 0 amide bonds. The van der Waals surface area contributed by atoms with Crippen LogP contribution in [-0.2, 0) is 10.8 Å². The van der Waals surface area contributed by atoms with Crippen molar-refractivity contribution in [1.82, 2.24) is 0 Å². The van der Waals surface area contributed by atoms with Crippen molar-refractivity contribution in [3.8, 4) is 11.1 Å². The zero-order chi connectivity index (χ0) is 31.9. The van der Waals surface area contributed by atoms with Gasteiger partial charge in [-0.2, -0.15) is 0 Å². The second-order valence-corrected chi connectivity index (χ2v) is 13.3. The normalized spacial score (nSPS) is 26.4. The second-order valence-electron chi connectivity index (χ2n) is 13.3. The molecule has 5 aliphatic rings. The van der Waals surface area contributed by atoms with Crippen LogP contribution in [0.5, 0.6) is 0 Å². The number of hydrogen-bond donors (Lipinski definition) is 0. The van der Waals surface area contributed by atoms with Crippen LogP contribution < -0.4 is 10.9 Å². The molecule has 2 aliphatic heterocycles. The van der Waals surface area contributed by atoms with Crippen molar-refractivity contribution < 1.29 is 0 Å². The first-order valence-electron chi connectivity index (χ1n) is 16.7.